The lowest BCUT2D eigenvalue weighted by atomic mass is 10.3. The number of carbonyl (C=O) groups excluding carboxylic acids is 1. The number of ether oxygens (including phenoxy) is 1. The van der Waals surface area contributed by atoms with Crippen molar-refractivity contribution in [2.45, 2.75) is 53.2 Å². The molecule has 94 valence electrons. The molecule has 0 aliphatic heterocycles. The summed E-state index contributed by atoms with van der Waals surface area (Å²) < 4.78 is 5.42. The zero-order valence-electron chi connectivity index (χ0n) is 11.1. The number of carbonyl (C=O) groups is 1. The highest BCUT2D eigenvalue weighted by Gasteiger charge is 2.19. The molecule has 0 radical (unpaired) electrons. The van der Waals surface area contributed by atoms with Crippen LogP contribution < -0.4 is 0 Å². The average Bonchev–Trinajstić information content (AvgIpc) is 2.25. The van der Waals surface area contributed by atoms with E-state index in [0.717, 1.165) is 32.4 Å². The second-order valence-corrected chi connectivity index (χ2v) is 4.08. The zero-order valence-corrected chi connectivity index (χ0v) is 11.1. The van der Waals surface area contributed by atoms with Gasteiger partial charge in [0.1, 0.15) is 0 Å². The minimum absolute atomic E-state index is 0.107. The van der Waals surface area contributed by atoms with Gasteiger partial charge in [0.15, 0.2) is 6.23 Å². The van der Waals surface area contributed by atoms with Gasteiger partial charge in [-0.3, -0.25) is 4.90 Å². The molecule has 0 amide bonds. The number of hydrogen-bond acceptors (Lipinski definition) is 3. The van der Waals surface area contributed by atoms with Crippen molar-refractivity contribution in [3.05, 3.63) is 12.2 Å². The van der Waals surface area contributed by atoms with Gasteiger partial charge in [-0.2, -0.15) is 0 Å². The normalized spacial score (nSPS) is 12.6. The summed E-state index contributed by atoms with van der Waals surface area (Å²) in [5.41, 5.74) is 0.464. The van der Waals surface area contributed by atoms with Crippen molar-refractivity contribution in [1.29, 1.82) is 0 Å². The summed E-state index contributed by atoms with van der Waals surface area (Å²) in [4.78, 5) is 13.7. The molecule has 0 bridgehead atoms. The summed E-state index contributed by atoms with van der Waals surface area (Å²) in [6.45, 7) is 13.5. The molecule has 0 saturated carbocycles. The van der Waals surface area contributed by atoms with E-state index in [2.05, 4.69) is 25.3 Å². The molecule has 0 heterocycles. The van der Waals surface area contributed by atoms with Gasteiger partial charge in [0.05, 0.1) is 0 Å². The minimum Gasteiger partial charge on any atom is -0.443 e. The number of esters is 1. The number of rotatable bonds is 8. The van der Waals surface area contributed by atoms with Gasteiger partial charge < -0.3 is 4.74 Å². The van der Waals surface area contributed by atoms with E-state index in [4.69, 9.17) is 4.74 Å². The van der Waals surface area contributed by atoms with Crippen LogP contribution in [0.3, 0.4) is 0 Å². The van der Waals surface area contributed by atoms with E-state index in [1.165, 1.54) is 0 Å². The molecule has 0 aromatic rings. The molecule has 1 atom stereocenters. The van der Waals surface area contributed by atoms with Crippen molar-refractivity contribution in [3.63, 3.8) is 0 Å². The summed E-state index contributed by atoms with van der Waals surface area (Å²) in [7, 11) is 0. The fraction of sp³-hybridized carbons (Fsp3) is 0.769. The molecule has 0 rings (SSSR count). The van der Waals surface area contributed by atoms with E-state index in [0.29, 0.717) is 5.57 Å². The maximum absolute atomic E-state index is 11.5. The molecule has 0 aliphatic rings. The molecule has 0 aromatic heterocycles. The van der Waals surface area contributed by atoms with Crippen molar-refractivity contribution in [2.24, 2.45) is 0 Å². The monoisotopic (exact) mass is 227 g/mol. The van der Waals surface area contributed by atoms with Crippen molar-refractivity contribution in [1.82, 2.24) is 4.90 Å². The van der Waals surface area contributed by atoms with Crippen LogP contribution in [0, 0.1) is 0 Å². The van der Waals surface area contributed by atoms with Crippen LogP contribution in [0.5, 0.6) is 0 Å². The lowest BCUT2D eigenvalue weighted by Crippen LogP contribution is -2.39. The Balaban J connectivity index is 4.40. The van der Waals surface area contributed by atoms with Gasteiger partial charge in [-0.25, -0.2) is 4.79 Å². The molecule has 1 unspecified atom stereocenters. The van der Waals surface area contributed by atoms with Crippen LogP contribution in [-0.4, -0.2) is 30.2 Å². The largest absolute Gasteiger partial charge is 0.443 e. The summed E-state index contributed by atoms with van der Waals surface area (Å²) in [5, 5.41) is 0. The van der Waals surface area contributed by atoms with Gasteiger partial charge in [-0.1, -0.05) is 27.4 Å². The maximum atomic E-state index is 11.5. The van der Waals surface area contributed by atoms with Gasteiger partial charge >= 0.3 is 5.97 Å². The average molecular weight is 227 g/mol. The van der Waals surface area contributed by atoms with Crippen LogP contribution in [0.25, 0.3) is 0 Å². The predicted octanol–water partition coefficient (Wildman–Crippen LogP) is 2.96. The summed E-state index contributed by atoms with van der Waals surface area (Å²) in [6.07, 6.45) is 2.85. The van der Waals surface area contributed by atoms with E-state index in [-0.39, 0.29) is 12.2 Å². The quantitative estimate of drug-likeness (QED) is 0.363. The highest BCUT2D eigenvalue weighted by atomic mass is 16.6. The van der Waals surface area contributed by atoms with Gasteiger partial charge in [-0.15, -0.1) is 0 Å². The highest BCUT2D eigenvalue weighted by Crippen LogP contribution is 2.10. The van der Waals surface area contributed by atoms with E-state index in [1.807, 2.05) is 6.92 Å². The second-order valence-electron chi connectivity index (χ2n) is 4.08. The van der Waals surface area contributed by atoms with Gasteiger partial charge in [0, 0.05) is 18.7 Å². The van der Waals surface area contributed by atoms with E-state index >= 15 is 0 Å². The first-order chi connectivity index (χ1) is 7.56. The van der Waals surface area contributed by atoms with Crippen LogP contribution in [0.2, 0.25) is 0 Å². The van der Waals surface area contributed by atoms with Crippen LogP contribution >= 0.6 is 0 Å². The molecule has 0 N–H and O–H groups in total. The first kappa shape index (κ1) is 15.2. The molecule has 3 heteroatoms. The third kappa shape index (κ3) is 5.31. The molecule has 3 nitrogen and oxygen atoms in total. The van der Waals surface area contributed by atoms with Gasteiger partial charge in [0.25, 0.3) is 0 Å². The standard InChI is InChI=1S/C13H25NO2/c1-6-9-14(10-7-2)12(8-3)16-13(15)11(4)5/h12H,4,6-10H2,1-3,5H3. The smallest absolute Gasteiger partial charge is 0.334 e. The Labute approximate surface area is 99.5 Å². The maximum Gasteiger partial charge on any atom is 0.334 e. The topological polar surface area (TPSA) is 29.5 Å². The van der Waals surface area contributed by atoms with Gasteiger partial charge in [0.2, 0.25) is 0 Å². The second kappa shape index (κ2) is 8.34. The summed E-state index contributed by atoms with van der Waals surface area (Å²) in [5.74, 6) is -0.288. The van der Waals surface area contributed by atoms with Crippen LogP contribution in [0.15, 0.2) is 12.2 Å². The van der Waals surface area contributed by atoms with E-state index in [9.17, 15) is 4.79 Å². The Morgan fingerprint density at radius 1 is 1.25 bits per heavy atom. The first-order valence-electron chi connectivity index (χ1n) is 6.17. The molecular weight excluding hydrogens is 202 g/mol. The molecule has 0 saturated heterocycles. The zero-order chi connectivity index (χ0) is 12.6. The van der Waals surface area contributed by atoms with Crippen molar-refractivity contribution >= 4 is 5.97 Å². The predicted molar refractivity (Wildman–Crippen MR) is 67.1 cm³/mol. The number of nitrogens with zero attached hydrogens (tertiary/aromatic N) is 1. The summed E-state index contributed by atoms with van der Waals surface area (Å²) in [6, 6.07) is 0. The lowest BCUT2D eigenvalue weighted by Gasteiger charge is -2.30. The van der Waals surface area contributed by atoms with E-state index < -0.39 is 0 Å². The van der Waals surface area contributed by atoms with Crippen LogP contribution in [0.1, 0.15) is 47.0 Å². The SMILES string of the molecule is C=C(C)C(=O)OC(CC)N(CCC)CCC. The third-order valence-electron chi connectivity index (χ3n) is 2.37. The minimum atomic E-state index is -0.288. The molecule has 0 aliphatic carbocycles. The van der Waals surface area contributed by atoms with Crippen molar-refractivity contribution in [3.8, 4) is 0 Å². The molecular formula is C13H25NO2. The molecule has 0 spiro atoms. The molecule has 16 heavy (non-hydrogen) atoms. The van der Waals surface area contributed by atoms with E-state index in [1.54, 1.807) is 6.92 Å². The Morgan fingerprint density at radius 3 is 2.06 bits per heavy atom. The Bertz CT molecular complexity index is 220. The van der Waals surface area contributed by atoms with Crippen molar-refractivity contribution < 1.29 is 9.53 Å². The third-order valence-corrected chi connectivity index (χ3v) is 2.37. The Kier molecular flexibility index (Phi) is 7.90. The highest BCUT2D eigenvalue weighted by molar-refractivity contribution is 5.87. The summed E-state index contributed by atoms with van der Waals surface area (Å²) >= 11 is 0. The van der Waals surface area contributed by atoms with Crippen molar-refractivity contribution in [2.75, 3.05) is 13.1 Å². The fourth-order valence-corrected chi connectivity index (χ4v) is 1.61. The first-order valence-corrected chi connectivity index (χ1v) is 6.17. The lowest BCUT2D eigenvalue weighted by molar-refractivity contribution is -0.154. The van der Waals surface area contributed by atoms with Crippen LogP contribution in [0.4, 0.5) is 0 Å². The van der Waals surface area contributed by atoms with Crippen LogP contribution in [-0.2, 0) is 9.53 Å². The molecule has 0 fully saturated rings. The Morgan fingerprint density at radius 2 is 1.75 bits per heavy atom. The molecule has 0 aromatic carbocycles. The van der Waals surface area contributed by atoms with Gasteiger partial charge in [-0.05, 0) is 26.2 Å². The fourth-order valence-electron chi connectivity index (χ4n) is 1.61. The Hall–Kier alpha value is -0.830. The number of hydrogen-bond donors (Lipinski definition) is 0.